The fourth-order valence-electron chi connectivity index (χ4n) is 1.24. The van der Waals surface area contributed by atoms with Gasteiger partial charge in [-0.1, -0.05) is 0 Å². The molecule has 0 radical (unpaired) electrons. The highest BCUT2D eigenvalue weighted by atomic mass is 127. The number of carbonyl (C=O) groups excluding carboxylic acids is 2. The summed E-state index contributed by atoms with van der Waals surface area (Å²) in [6.45, 7) is 0. The molecule has 72 valence electrons. The normalized spacial score (nSPS) is 15.9. The first-order valence-electron chi connectivity index (χ1n) is 4.05. The summed E-state index contributed by atoms with van der Waals surface area (Å²) in [4.78, 5) is 22.2. The highest BCUT2D eigenvalue weighted by Crippen LogP contribution is 2.17. The van der Waals surface area contributed by atoms with E-state index in [0.717, 1.165) is 3.57 Å². The van der Waals surface area contributed by atoms with Crippen LogP contribution >= 0.6 is 22.6 Å². The van der Waals surface area contributed by atoms with Gasteiger partial charge in [-0.05, 0) is 46.9 Å². The van der Waals surface area contributed by atoms with Crippen LogP contribution in [0.1, 0.15) is 6.42 Å². The Morgan fingerprint density at radius 2 is 1.86 bits per heavy atom. The maximum atomic E-state index is 11.3. The molecular weight excluding hydrogens is 295 g/mol. The Labute approximate surface area is 94.4 Å². The first-order chi connectivity index (χ1) is 6.66. The summed E-state index contributed by atoms with van der Waals surface area (Å²) in [5.41, 5.74) is 3.18. The molecule has 0 spiro atoms. The summed E-state index contributed by atoms with van der Waals surface area (Å²) >= 11 is 2.18. The van der Waals surface area contributed by atoms with E-state index in [4.69, 9.17) is 0 Å². The van der Waals surface area contributed by atoms with Crippen molar-refractivity contribution in [1.29, 1.82) is 0 Å². The monoisotopic (exact) mass is 302 g/mol. The first-order valence-corrected chi connectivity index (χ1v) is 5.13. The zero-order valence-corrected chi connectivity index (χ0v) is 9.32. The van der Waals surface area contributed by atoms with Gasteiger partial charge < -0.3 is 0 Å². The van der Waals surface area contributed by atoms with Gasteiger partial charge in [0.1, 0.15) is 6.42 Å². The fraction of sp³-hybridized carbons (Fsp3) is 0.111. The van der Waals surface area contributed by atoms with Crippen molar-refractivity contribution in [3.05, 3.63) is 27.8 Å². The van der Waals surface area contributed by atoms with Crippen LogP contribution in [0.2, 0.25) is 0 Å². The molecule has 2 amide bonds. The number of halogens is 1. The van der Waals surface area contributed by atoms with Gasteiger partial charge in [0.25, 0.3) is 5.91 Å². The largest absolute Gasteiger partial charge is 0.273 e. The molecule has 1 saturated heterocycles. The summed E-state index contributed by atoms with van der Waals surface area (Å²) in [7, 11) is 0. The number of hydrogen-bond acceptors (Lipinski definition) is 2. The van der Waals surface area contributed by atoms with E-state index >= 15 is 0 Å². The number of amides is 2. The van der Waals surface area contributed by atoms with Gasteiger partial charge in [-0.3, -0.25) is 15.0 Å². The second-order valence-corrected chi connectivity index (χ2v) is 4.16. The summed E-state index contributed by atoms with van der Waals surface area (Å²) < 4.78 is 1.09. The Hall–Kier alpha value is -1.11. The zero-order chi connectivity index (χ0) is 10.1. The third kappa shape index (κ3) is 1.72. The SMILES string of the molecule is O=C1CC(=O)N(c2ccc(I)cc2)N1. The highest BCUT2D eigenvalue weighted by molar-refractivity contribution is 14.1. The average molecular weight is 302 g/mol. The van der Waals surface area contributed by atoms with Crippen molar-refractivity contribution in [1.82, 2.24) is 5.43 Å². The van der Waals surface area contributed by atoms with Crippen LogP contribution in [-0.2, 0) is 9.59 Å². The molecule has 1 aliphatic rings. The molecule has 0 unspecified atom stereocenters. The van der Waals surface area contributed by atoms with Crippen LogP contribution in [0.15, 0.2) is 24.3 Å². The van der Waals surface area contributed by atoms with E-state index in [1.165, 1.54) is 5.01 Å². The van der Waals surface area contributed by atoms with Gasteiger partial charge >= 0.3 is 0 Å². The summed E-state index contributed by atoms with van der Waals surface area (Å²) in [5.74, 6) is -0.468. The molecule has 4 nitrogen and oxygen atoms in total. The predicted octanol–water partition coefficient (Wildman–Crippen LogP) is 1.06. The average Bonchev–Trinajstić information content (AvgIpc) is 2.47. The van der Waals surface area contributed by atoms with Gasteiger partial charge in [-0.2, -0.15) is 0 Å². The standard InChI is InChI=1S/C9H7IN2O2/c10-6-1-3-7(4-2-6)12-9(14)5-8(13)11-12/h1-4H,5H2,(H,11,13). The lowest BCUT2D eigenvalue weighted by Crippen LogP contribution is -2.35. The molecule has 2 rings (SSSR count). The van der Waals surface area contributed by atoms with E-state index in [1.807, 2.05) is 12.1 Å². The first kappa shape index (κ1) is 9.45. The molecular formula is C9H7IN2O2. The van der Waals surface area contributed by atoms with Crippen LogP contribution in [0.3, 0.4) is 0 Å². The zero-order valence-electron chi connectivity index (χ0n) is 7.16. The van der Waals surface area contributed by atoms with Crippen LogP contribution in [0.25, 0.3) is 0 Å². The summed E-state index contributed by atoms with van der Waals surface area (Å²) in [6.07, 6.45) is -0.0635. The molecule has 0 aliphatic carbocycles. The second kappa shape index (κ2) is 3.56. The third-order valence-corrected chi connectivity index (χ3v) is 2.60. The van der Waals surface area contributed by atoms with Crippen LogP contribution in [0.4, 0.5) is 5.69 Å². The number of nitrogens with zero attached hydrogens (tertiary/aromatic N) is 1. The topological polar surface area (TPSA) is 49.4 Å². The molecule has 0 saturated carbocycles. The Morgan fingerprint density at radius 3 is 2.36 bits per heavy atom. The van der Waals surface area contributed by atoms with Crippen molar-refractivity contribution in [2.45, 2.75) is 6.42 Å². The number of nitrogens with one attached hydrogen (secondary N) is 1. The van der Waals surface area contributed by atoms with Crippen LogP contribution in [0, 0.1) is 3.57 Å². The Morgan fingerprint density at radius 1 is 1.21 bits per heavy atom. The molecule has 1 N–H and O–H groups in total. The fourth-order valence-corrected chi connectivity index (χ4v) is 1.60. The van der Waals surface area contributed by atoms with Crippen molar-refractivity contribution >= 4 is 40.1 Å². The molecule has 0 aromatic heterocycles. The quantitative estimate of drug-likeness (QED) is 0.623. The van der Waals surface area contributed by atoms with E-state index in [0.29, 0.717) is 5.69 Å². The summed E-state index contributed by atoms with van der Waals surface area (Å²) in [5, 5.41) is 1.28. The van der Waals surface area contributed by atoms with Crippen molar-refractivity contribution in [2.24, 2.45) is 0 Å². The lowest BCUT2D eigenvalue weighted by atomic mass is 10.3. The Kier molecular flexibility index (Phi) is 2.40. The van der Waals surface area contributed by atoms with Gasteiger partial charge in [-0.25, -0.2) is 5.01 Å². The maximum absolute atomic E-state index is 11.3. The van der Waals surface area contributed by atoms with Crippen molar-refractivity contribution in [3.8, 4) is 0 Å². The number of anilines is 1. The second-order valence-electron chi connectivity index (χ2n) is 2.92. The molecule has 0 atom stereocenters. The van der Waals surface area contributed by atoms with Crippen LogP contribution in [-0.4, -0.2) is 11.8 Å². The number of hydrogen-bond donors (Lipinski definition) is 1. The maximum Gasteiger partial charge on any atom is 0.255 e. The minimum atomic E-state index is -0.256. The van der Waals surface area contributed by atoms with Crippen molar-refractivity contribution in [2.75, 3.05) is 5.01 Å². The minimum Gasteiger partial charge on any atom is -0.273 e. The van der Waals surface area contributed by atoms with Gasteiger partial charge in [0, 0.05) is 3.57 Å². The Bertz CT molecular complexity index is 388. The van der Waals surface area contributed by atoms with Crippen molar-refractivity contribution in [3.63, 3.8) is 0 Å². The van der Waals surface area contributed by atoms with Crippen molar-refractivity contribution < 1.29 is 9.59 Å². The highest BCUT2D eigenvalue weighted by Gasteiger charge is 2.27. The predicted molar refractivity (Wildman–Crippen MR) is 59.4 cm³/mol. The minimum absolute atomic E-state index is 0.0635. The summed E-state index contributed by atoms with van der Waals surface area (Å²) in [6, 6.07) is 7.36. The van der Waals surface area contributed by atoms with E-state index in [9.17, 15) is 9.59 Å². The van der Waals surface area contributed by atoms with Gasteiger partial charge in [0.15, 0.2) is 0 Å². The van der Waals surface area contributed by atoms with Gasteiger partial charge in [-0.15, -0.1) is 0 Å². The molecule has 1 aliphatic heterocycles. The van der Waals surface area contributed by atoms with E-state index in [1.54, 1.807) is 12.1 Å². The molecule has 1 aromatic rings. The molecule has 1 aromatic carbocycles. The third-order valence-electron chi connectivity index (χ3n) is 1.88. The van der Waals surface area contributed by atoms with Crippen LogP contribution < -0.4 is 10.4 Å². The smallest absolute Gasteiger partial charge is 0.255 e. The van der Waals surface area contributed by atoms with Crippen LogP contribution in [0.5, 0.6) is 0 Å². The molecule has 14 heavy (non-hydrogen) atoms. The van der Waals surface area contributed by atoms with E-state index < -0.39 is 0 Å². The van der Waals surface area contributed by atoms with E-state index in [-0.39, 0.29) is 18.2 Å². The van der Waals surface area contributed by atoms with Gasteiger partial charge in [0.2, 0.25) is 5.91 Å². The molecule has 1 fully saturated rings. The number of rotatable bonds is 1. The number of carbonyl (C=O) groups is 2. The number of benzene rings is 1. The molecule has 5 heteroatoms. The van der Waals surface area contributed by atoms with E-state index in [2.05, 4.69) is 28.0 Å². The molecule has 1 heterocycles. The Balaban J connectivity index is 2.27. The lowest BCUT2D eigenvalue weighted by molar-refractivity contribution is -0.122. The van der Waals surface area contributed by atoms with Gasteiger partial charge in [0.05, 0.1) is 5.69 Å². The molecule has 0 bridgehead atoms. The number of hydrazine groups is 1. The lowest BCUT2D eigenvalue weighted by Gasteiger charge is -2.14.